The van der Waals surface area contributed by atoms with E-state index in [-0.39, 0.29) is 23.9 Å². The minimum absolute atomic E-state index is 0.108. The summed E-state index contributed by atoms with van der Waals surface area (Å²) in [4.78, 5) is 33.6. The lowest BCUT2D eigenvalue weighted by Gasteiger charge is -2.35. The molecule has 0 saturated carbocycles. The average Bonchev–Trinajstić information content (AvgIpc) is 3.52. The zero-order chi connectivity index (χ0) is 23.4. The highest BCUT2D eigenvalue weighted by molar-refractivity contribution is 7.19. The van der Waals surface area contributed by atoms with Crippen LogP contribution in [0.3, 0.4) is 0 Å². The molecule has 6 rings (SSSR count). The summed E-state index contributed by atoms with van der Waals surface area (Å²) in [6.45, 7) is 2.79. The van der Waals surface area contributed by atoms with Gasteiger partial charge in [0.2, 0.25) is 11.8 Å². The molecule has 2 unspecified atom stereocenters. The number of thiophene rings is 1. The first-order chi connectivity index (χ1) is 16.5. The van der Waals surface area contributed by atoms with E-state index in [1.807, 2.05) is 24.3 Å². The Morgan fingerprint density at radius 3 is 2.74 bits per heavy atom. The van der Waals surface area contributed by atoms with Gasteiger partial charge in [-0.2, -0.15) is 0 Å². The Balaban J connectivity index is 1.45. The largest absolute Gasteiger partial charge is 0.493 e. The van der Waals surface area contributed by atoms with Crippen molar-refractivity contribution in [3.05, 3.63) is 45.9 Å². The zero-order valence-corrected chi connectivity index (χ0v) is 20.2. The highest BCUT2D eigenvalue weighted by Gasteiger charge is 2.34. The maximum atomic E-state index is 12.1. The number of carbonyl (C=O) groups excluding carboxylic acids is 2. The van der Waals surface area contributed by atoms with Crippen molar-refractivity contribution in [1.82, 2.24) is 14.8 Å². The van der Waals surface area contributed by atoms with E-state index in [4.69, 9.17) is 22.1 Å². The molecule has 3 aliphatic heterocycles. The van der Waals surface area contributed by atoms with Crippen LogP contribution >= 0.6 is 22.9 Å². The van der Waals surface area contributed by atoms with Gasteiger partial charge in [0.25, 0.3) is 0 Å². The highest BCUT2D eigenvalue weighted by Crippen LogP contribution is 2.47. The number of fused-ring (bicyclic) bond motifs is 2. The summed E-state index contributed by atoms with van der Waals surface area (Å²) in [6, 6.07) is 8.33. The number of hydrogen-bond donors (Lipinski definition) is 1. The van der Waals surface area contributed by atoms with Crippen molar-refractivity contribution >= 4 is 45.0 Å². The molecule has 5 heterocycles. The minimum Gasteiger partial charge on any atom is -0.493 e. The third-order valence-electron chi connectivity index (χ3n) is 7.01. The van der Waals surface area contributed by atoms with E-state index in [1.54, 1.807) is 17.5 Å². The number of hydrogen-bond acceptors (Lipinski definition) is 7. The van der Waals surface area contributed by atoms with Gasteiger partial charge in [-0.05, 0) is 36.2 Å². The van der Waals surface area contributed by atoms with Crippen molar-refractivity contribution < 1.29 is 14.3 Å². The standard InChI is InChI=1S/C25H25ClN4O3S/c26-14-9-18(24-20(5-8-33-21(24)10-14)29-7-4-15(27)12-29)17-3-6-28-19-11-16(34-25(17)19)13-30-22(31)1-2-23(30)32/h3,6,9-11,15,20H,1-2,4-5,7-8,12-13,27H2. The van der Waals surface area contributed by atoms with E-state index in [1.165, 1.54) is 4.90 Å². The molecule has 34 heavy (non-hydrogen) atoms. The van der Waals surface area contributed by atoms with Gasteiger partial charge in [-0.25, -0.2) is 0 Å². The normalized spacial score (nSPS) is 23.1. The predicted molar refractivity (Wildman–Crippen MR) is 132 cm³/mol. The van der Waals surface area contributed by atoms with Crippen LogP contribution in [0.2, 0.25) is 5.02 Å². The quantitative estimate of drug-likeness (QED) is 0.546. The van der Waals surface area contributed by atoms with Crippen molar-refractivity contribution in [2.45, 2.75) is 44.3 Å². The Kier molecular flexibility index (Phi) is 5.56. The summed E-state index contributed by atoms with van der Waals surface area (Å²) in [6.07, 6.45) is 4.29. The van der Waals surface area contributed by atoms with E-state index >= 15 is 0 Å². The second-order valence-corrected chi connectivity index (χ2v) is 10.8. The van der Waals surface area contributed by atoms with Gasteiger partial charge >= 0.3 is 0 Å². The summed E-state index contributed by atoms with van der Waals surface area (Å²) >= 11 is 8.13. The molecule has 3 aliphatic rings. The lowest BCUT2D eigenvalue weighted by Crippen LogP contribution is -2.33. The molecule has 0 spiro atoms. The lowest BCUT2D eigenvalue weighted by atomic mass is 9.90. The number of carbonyl (C=O) groups is 2. The number of aromatic nitrogens is 1. The molecule has 3 aromatic rings. The molecule has 7 nitrogen and oxygen atoms in total. The second kappa shape index (κ2) is 8.61. The number of nitrogens with two attached hydrogens (primary N) is 1. The van der Waals surface area contributed by atoms with Crippen LogP contribution in [0.25, 0.3) is 21.3 Å². The topological polar surface area (TPSA) is 88.8 Å². The average molecular weight is 497 g/mol. The van der Waals surface area contributed by atoms with Crippen LogP contribution in [0.5, 0.6) is 5.75 Å². The molecule has 2 saturated heterocycles. The fourth-order valence-electron chi connectivity index (χ4n) is 5.40. The van der Waals surface area contributed by atoms with Crippen LogP contribution in [0.4, 0.5) is 0 Å². The van der Waals surface area contributed by atoms with Crippen molar-refractivity contribution in [3.8, 4) is 16.9 Å². The molecule has 0 aliphatic carbocycles. The monoisotopic (exact) mass is 496 g/mol. The fourth-order valence-corrected chi connectivity index (χ4v) is 6.74. The third kappa shape index (κ3) is 3.79. The van der Waals surface area contributed by atoms with E-state index < -0.39 is 0 Å². The van der Waals surface area contributed by atoms with Gasteiger partial charge < -0.3 is 10.5 Å². The Morgan fingerprint density at radius 1 is 1.15 bits per heavy atom. The Hall–Kier alpha value is -2.52. The minimum atomic E-state index is -0.108. The van der Waals surface area contributed by atoms with Crippen molar-refractivity contribution in [1.29, 1.82) is 0 Å². The molecule has 2 aromatic heterocycles. The summed E-state index contributed by atoms with van der Waals surface area (Å²) in [7, 11) is 0. The first-order valence-electron chi connectivity index (χ1n) is 11.6. The Morgan fingerprint density at radius 2 is 1.97 bits per heavy atom. The number of rotatable bonds is 4. The molecular formula is C25H25ClN4O3S. The SMILES string of the molecule is NC1CCN(C2CCOc3cc(Cl)cc(-c4ccnc5cc(CN6C(=O)CCC6=O)sc45)c32)C1. The molecule has 0 bridgehead atoms. The van der Waals surface area contributed by atoms with E-state index in [2.05, 4.69) is 9.88 Å². The predicted octanol–water partition coefficient (Wildman–Crippen LogP) is 4.12. The Labute approximate surface area is 206 Å². The number of ether oxygens (including phenoxy) is 1. The highest BCUT2D eigenvalue weighted by atomic mass is 35.5. The first-order valence-corrected chi connectivity index (χ1v) is 12.8. The molecule has 2 N–H and O–H groups in total. The molecule has 1 aromatic carbocycles. The van der Waals surface area contributed by atoms with E-state index in [0.717, 1.165) is 63.5 Å². The van der Waals surface area contributed by atoms with Crippen LogP contribution in [0.15, 0.2) is 30.5 Å². The van der Waals surface area contributed by atoms with E-state index in [0.29, 0.717) is 31.0 Å². The van der Waals surface area contributed by atoms with Crippen LogP contribution in [-0.2, 0) is 16.1 Å². The molecule has 2 atom stereocenters. The number of benzene rings is 1. The second-order valence-electron chi connectivity index (χ2n) is 9.22. The van der Waals surface area contributed by atoms with Gasteiger partial charge in [0.1, 0.15) is 5.75 Å². The maximum absolute atomic E-state index is 12.1. The maximum Gasteiger partial charge on any atom is 0.230 e. The van der Waals surface area contributed by atoms with Gasteiger partial charge in [0.05, 0.1) is 23.4 Å². The van der Waals surface area contributed by atoms with Gasteiger partial charge in [0.15, 0.2) is 0 Å². The number of likely N-dealkylation sites (tertiary alicyclic amines) is 2. The number of halogens is 1. The number of pyridine rings is 1. The molecule has 176 valence electrons. The Bertz CT molecular complexity index is 1290. The van der Waals surface area contributed by atoms with Crippen LogP contribution in [0, 0.1) is 0 Å². The summed E-state index contributed by atoms with van der Waals surface area (Å²) in [5.74, 6) is 0.612. The third-order valence-corrected chi connectivity index (χ3v) is 8.37. The van der Waals surface area contributed by atoms with Gasteiger partial charge in [0, 0.05) is 71.7 Å². The van der Waals surface area contributed by atoms with Gasteiger partial charge in [-0.1, -0.05) is 11.6 Å². The number of imide groups is 1. The van der Waals surface area contributed by atoms with Crippen molar-refractivity contribution in [2.75, 3.05) is 19.7 Å². The molecule has 9 heteroatoms. The zero-order valence-electron chi connectivity index (χ0n) is 18.6. The van der Waals surface area contributed by atoms with Crippen molar-refractivity contribution in [2.24, 2.45) is 5.73 Å². The lowest BCUT2D eigenvalue weighted by molar-refractivity contribution is -0.138. The molecule has 0 radical (unpaired) electrons. The molecular weight excluding hydrogens is 472 g/mol. The first kappa shape index (κ1) is 22.0. The van der Waals surface area contributed by atoms with Crippen LogP contribution < -0.4 is 10.5 Å². The summed E-state index contributed by atoms with van der Waals surface area (Å²) in [5, 5.41) is 0.627. The summed E-state index contributed by atoms with van der Waals surface area (Å²) in [5.41, 5.74) is 10.3. The smallest absolute Gasteiger partial charge is 0.230 e. The van der Waals surface area contributed by atoms with Crippen LogP contribution in [-0.4, -0.2) is 52.3 Å². The fraction of sp³-hybridized carbons (Fsp3) is 0.400. The molecule has 2 fully saturated rings. The van der Waals surface area contributed by atoms with Crippen LogP contribution in [0.1, 0.15) is 42.2 Å². The summed E-state index contributed by atoms with van der Waals surface area (Å²) < 4.78 is 7.09. The van der Waals surface area contributed by atoms with E-state index in [9.17, 15) is 9.59 Å². The number of amides is 2. The van der Waals surface area contributed by atoms with Crippen molar-refractivity contribution in [3.63, 3.8) is 0 Å². The van der Waals surface area contributed by atoms with Gasteiger partial charge in [-0.15, -0.1) is 11.3 Å². The molecule has 2 amide bonds. The van der Waals surface area contributed by atoms with Gasteiger partial charge in [-0.3, -0.25) is 24.4 Å². The number of nitrogens with zero attached hydrogens (tertiary/aromatic N) is 3.